The van der Waals surface area contributed by atoms with Crippen molar-refractivity contribution in [2.75, 3.05) is 11.9 Å². The van der Waals surface area contributed by atoms with Crippen molar-refractivity contribution in [1.82, 2.24) is 5.32 Å². The summed E-state index contributed by atoms with van der Waals surface area (Å²) in [6, 6.07) is 17.1. The Morgan fingerprint density at radius 3 is 2.86 bits per heavy atom. The first-order valence-corrected chi connectivity index (χ1v) is 10.7. The molecule has 2 aliphatic carbocycles. The summed E-state index contributed by atoms with van der Waals surface area (Å²) in [5.74, 6) is 0.699. The maximum atomic E-state index is 12.6. The first-order valence-electron chi connectivity index (χ1n) is 10.7. The second-order valence-electron chi connectivity index (χ2n) is 8.59. The first kappa shape index (κ1) is 17.7. The van der Waals surface area contributed by atoms with Crippen LogP contribution in [0.4, 0.5) is 5.69 Å². The van der Waals surface area contributed by atoms with Gasteiger partial charge in [0.2, 0.25) is 5.91 Å². The predicted molar refractivity (Wildman–Crippen MR) is 114 cm³/mol. The minimum Gasteiger partial charge on any atom is -0.322 e. The maximum absolute atomic E-state index is 12.6. The Bertz CT molecular complexity index is 900. The van der Waals surface area contributed by atoms with Crippen LogP contribution in [0.1, 0.15) is 48.8 Å². The highest BCUT2D eigenvalue weighted by molar-refractivity contribution is 6.02. The summed E-state index contributed by atoms with van der Waals surface area (Å²) in [4.78, 5) is 12.6. The van der Waals surface area contributed by atoms with Gasteiger partial charge < -0.3 is 10.6 Å². The van der Waals surface area contributed by atoms with Gasteiger partial charge in [0.05, 0.1) is 0 Å². The third-order valence-electron chi connectivity index (χ3n) is 7.18. The van der Waals surface area contributed by atoms with Crippen LogP contribution >= 0.6 is 0 Å². The first-order chi connectivity index (χ1) is 13.8. The van der Waals surface area contributed by atoms with Crippen molar-refractivity contribution < 1.29 is 4.79 Å². The van der Waals surface area contributed by atoms with E-state index in [0.29, 0.717) is 11.5 Å². The van der Waals surface area contributed by atoms with Gasteiger partial charge in [0.25, 0.3) is 0 Å². The number of rotatable bonds is 3. The fourth-order valence-electron chi connectivity index (χ4n) is 5.99. The number of carbonyl (C=O) groups excluding carboxylic acids is 1. The molecular formula is C25H28N2O. The molecule has 1 saturated carbocycles. The number of hydrogen-bond donors (Lipinski definition) is 2. The Morgan fingerprint density at radius 2 is 1.96 bits per heavy atom. The van der Waals surface area contributed by atoms with Crippen molar-refractivity contribution in [2.24, 2.45) is 5.92 Å². The average Bonchev–Trinajstić information content (AvgIpc) is 2.73. The molecule has 0 aromatic heterocycles. The molecule has 5 rings (SSSR count). The van der Waals surface area contributed by atoms with Crippen LogP contribution in [-0.4, -0.2) is 18.5 Å². The molecule has 0 spiro atoms. The van der Waals surface area contributed by atoms with E-state index in [1.54, 1.807) is 6.08 Å². The highest BCUT2D eigenvalue weighted by atomic mass is 16.1. The summed E-state index contributed by atoms with van der Waals surface area (Å²) in [7, 11) is 0. The van der Waals surface area contributed by atoms with E-state index < -0.39 is 0 Å². The summed E-state index contributed by atoms with van der Waals surface area (Å²) < 4.78 is 0. The molecule has 3 heteroatoms. The molecule has 3 atom stereocenters. The van der Waals surface area contributed by atoms with Crippen LogP contribution in [0.25, 0.3) is 6.08 Å². The summed E-state index contributed by atoms with van der Waals surface area (Å²) in [6.45, 7) is 1.12. The summed E-state index contributed by atoms with van der Waals surface area (Å²) in [5.41, 5.74) is 5.23. The maximum Gasteiger partial charge on any atom is 0.248 e. The quantitative estimate of drug-likeness (QED) is 0.768. The van der Waals surface area contributed by atoms with Crippen LogP contribution in [0, 0.1) is 5.92 Å². The van der Waals surface area contributed by atoms with E-state index in [1.807, 2.05) is 36.4 Å². The van der Waals surface area contributed by atoms with Gasteiger partial charge in [0, 0.05) is 23.2 Å². The molecule has 2 bridgehead atoms. The highest BCUT2D eigenvalue weighted by Gasteiger charge is 2.51. The Balaban J connectivity index is 1.44. The minimum absolute atomic E-state index is 0.0568. The number of carbonyl (C=O) groups is 1. The van der Waals surface area contributed by atoms with Crippen LogP contribution in [0.2, 0.25) is 0 Å². The standard InChI is InChI=1S/C25H28N2O/c28-24(13-12-18-7-2-1-3-8-18)27-22-11-6-10-20-19(22)17-23-21-9-4-5-14-25(20,21)15-16-26-23/h1-3,6-8,10-13,21,23,26H,4-5,9,14-17H2,(H,27,28)/t21-,23+,25-/m0/s1. The number of benzene rings is 2. The third-order valence-corrected chi connectivity index (χ3v) is 7.18. The Morgan fingerprint density at radius 1 is 1.07 bits per heavy atom. The van der Waals surface area contributed by atoms with Gasteiger partial charge in [-0.05, 0) is 67.0 Å². The molecular weight excluding hydrogens is 344 g/mol. The van der Waals surface area contributed by atoms with E-state index in [9.17, 15) is 4.79 Å². The van der Waals surface area contributed by atoms with Gasteiger partial charge in [0.15, 0.2) is 0 Å². The smallest absolute Gasteiger partial charge is 0.248 e. The number of nitrogens with one attached hydrogen (secondary N) is 2. The van der Waals surface area contributed by atoms with E-state index in [4.69, 9.17) is 0 Å². The monoisotopic (exact) mass is 372 g/mol. The van der Waals surface area contributed by atoms with Crippen LogP contribution in [-0.2, 0) is 16.6 Å². The largest absolute Gasteiger partial charge is 0.322 e. The van der Waals surface area contributed by atoms with Gasteiger partial charge in [-0.25, -0.2) is 0 Å². The van der Waals surface area contributed by atoms with Crippen LogP contribution in [0.5, 0.6) is 0 Å². The molecule has 144 valence electrons. The van der Waals surface area contributed by atoms with E-state index in [2.05, 4.69) is 28.8 Å². The zero-order chi connectivity index (χ0) is 19.0. The van der Waals surface area contributed by atoms with Gasteiger partial charge in [0.1, 0.15) is 0 Å². The molecule has 3 nitrogen and oxygen atoms in total. The van der Waals surface area contributed by atoms with Crippen LogP contribution in [0.15, 0.2) is 54.6 Å². The molecule has 28 heavy (non-hydrogen) atoms. The highest BCUT2D eigenvalue weighted by Crippen LogP contribution is 2.54. The lowest BCUT2D eigenvalue weighted by molar-refractivity contribution is -0.111. The molecule has 1 saturated heterocycles. The SMILES string of the molecule is O=C(C=Cc1ccccc1)Nc1cccc2c1C[C@H]1NCC[C@@]23CCCC[C@@H]13. The zero-order valence-corrected chi connectivity index (χ0v) is 16.3. The molecule has 1 aliphatic heterocycles. The number of hydrogen-bond acceptors (Lipinski definition) is 2. The van der Waals surface area contributed by atoms with Gasteiger partial charge >= 0.3 is 0 Å². The Kier molecular flexibility index (Phi) is 4.56. The molecule has 2 aromatic carbocycles. The molecule has 1 amide bonds. The van der Waals surface area contributed by atoms with Crippen molar-refractivity contribution in [3.63, 3.8) is 0 Å². The molecule has 2 fully saturated rings. The Labute approximate surface area is 167 Å². The molecule has 2 N–H and O–H groups in total. The zero-order valence-electron chi connectivity index (χ0n) is 16.3. The molecule has 0 radical (unpaired) electrons. The number of amides is 1. The number of anilines is 1. The lowest BCUT2D eigenvalue weighted by atomic mass is 9.52. The summed E-state index contributed by atoms with van der Waals surface area (Å²) in [6.07, 6.45) is 11.1. The van der Waals surface area contributed by atoms with Gasteiger partial charge in [-0.15, -0.1) is 0 Å². The fraction of sp³-hybridized carbons (Fsp3) is 0.400. The van der Waals surface area contributed by atoms with Crippen LogP contribution < -0.4 is 10.6 Å². The van der Waals surface area contributed by atoms with Crippen molar-refractivity contribution in [3.05, 3.63) is 71.3 Å². The van der Waals surface area contributed by atoms with Crippen molar-refractivity contribution in [3.8, 4) is 0 Å². The normalized spacial score (nSPS) is 28.4. The van der Waals surface area contributed by atoms with E-state index in [0.717, 1.165) is 30.1 Å². The molecule has 3 aliphatic rings. The van der Waals surface area contributed by atoms with Crippen molar-refractivity contribution in [1.29, 1.82) is 0 Å². The lowest BCUT2D eigenvalue weighted by Crippen LogP contribution is -2.59. The minimum atomic E-state index is -0.0568. The molecule has 1 heterocycles. The van der Waals surface area contributed by atoms with Gasteiger partial charge in [-0.1, -0.05) is 55.3 Å². The van der Waals surface area contributed by atoms with Crippen molar-refractivity contribution in [2.45, 2.75) is 50.0 Å². The number of fused-ring (bicyclic) bond motifs is 1. The fourth-order valence-corrected chi connectivity index (χ4v) is 5.99. The van der Waals surface area contributed by atoms with E-state index >= 15 is 0 Å². The topological polar surface area (TPSA) is 41.1 Å². The van der Waals surface area contributed by atoms with Gasteiger partial charge in [-0.2, -0.15) is 0 Å². The number of piperidine rings is 1. The van der Waals surface area contributed by atoms with E-state index in [-0.39, 0.29) is 5.91 Å². The second kappa shape index (κ2) is 7.21. The molecule has 0 unspecified atom stereocenters. The summed E-state index contributed by atoms with van der Waals surface area (Å²) >= 11 is 0. The van der Waals surface area contributed by atoms with E-state index in [1.165, 1.54) is 43.2 Å². The average molecular weight is 373 g/mol. The third kappa shape index (κ3) is 2.98. The van der Waals surface area contributed by atoms with Gasteiger partial charge in [-0.3, -0.25) is 4.79 Å². The van der Waals surface area contributed by atoms with Crippen molar-refractivity contribution >= 4 is 17.7 Å². The predicted octanol–water partition coefficient (Wildman–Crippen LogP) is 4.68. The summed E-state index contributed by atoms with van der Waals surface area (Å²) in [5, 5.41) is 6.95. The van der Waals surface area contributed by atoms with Crippen LogP contribution in [0.3, 0.4) is 0 Å². The molecule has 2 aromatic rings. The lowest BCUT2D eigenvalue weighted by Gasteiger charge is -2.56. The second-order valence-corrected chi connectivity index (χ2v) is 8.59. The Hall–Kier alpha value is -2.39.